The number of benzene rings is 2. The fourth-order valence-corrected chi connectivity index (χ4v) is 3.20. The normalized spacial score (nSPS) is 10.5. The van der Waals surface area contributed by atoms with Crippen molar-refractivity contribution in [1.82, 2.24) is 4.98 Å². The summed E-state index contributed by atoms with van der Waals surface area (Å²) >= 11 is 7.39. The first-order valence-corrected chi connectivity index (χ1v) is 8.63. The average Bonchev–Trinajstić information content (AvgIpc) is 3.05. The van der Waals surface area contributed by atoms with Gasteiger partial charge < -0.3 is 22.1 Å². The van der Waals surface area contributed by atoms with E-state index in [1.807, 2.05) is 18.2 Å². The van der Waals surface area contributed by atoms with Crippen LogP contribution in [0.4, 0.5) is 22.2 Å². The molecule has 128 valence electrons. The molecule has 0 atom stereocenters. The molecule has 0 bridgehead atoms. The predicted molar refractivity (Wildman–Crippen MR) is 104 cm³/mol. The maximum Gasteiger partial charge on any atom is 0.267 e. The van der Waals surface area contributed by atoms with Gasteiger partial charge in [0.15, 0.2) is 5.13 Å². The standard InChI is InChI=1S/C17H16ClN5OS/c18-13-6-1-3-10(8-19)15(13)23-16(24)14-9-21-17(25-14)22-12-5-2-4-11(20)7-12/h1-7,9H,8,19-20H2,(H,21,22)(H,23,24). The third-order valence-electron chi connectivity index (χ3n) is 3.43. The number of para-hydroxylation sites is 1. The number of halogens is 1. The second-order valence-corrected chi connectivity index (χ2v) is 6.65. The zero-order chi connectivity index (χ0) is 17.8. The summed E-state index contributed by atoms with van der Waals surface area (Å²) in [6.45, 7) is 0.279. The van der Waals surface area contributed by atoms with E-state index in [4.69, 9.17) is 23.1 Å². The highest BCUT2D eigenvalue weighted by molar-refractivity contribution is 7.17. The van der Waals surface area contributed by atoms with E-state index in [9.17, 15) is 4.79 Å². The van der Waals surface area contributed by atoms with Crippen LogP contribution in [0.5, 0.6) is 0 Å². The summed E-state index contributed by atoms with van der Waals surface area (Å²) in [6, 6.07) is 12.6. The fourth-order valence-electron chi connectivity index (χ4n) is 2.23. The smallest absolute Gasteiger partial charge is 0.267 e. The highest BCUT2D eigenvalue weighted by atomic mass is 35.5. The lowest BCUT2D eigenvalue weighted by atomic mass is 10.1. The number of anilines is 4. The maximum absolute atomic E-state index is 12.5. The molecule has 1 aromatic heterocycles. The van der Waals surface area contributed by atoms with Gasteiger partial charge >= 0.3 is 0 Å². The van der Waals surface area contributed by atoms with Crippen LogP contribution in [-0.4, -0.2) is 10.9 Å². The highest BCUT2D eigenvalue weighted by Gasteiger charge is 2.14. The van der Waals surface area contributed by atoms with Gasteiger partial charge in [0.2, 0.25) is 0 Å². The molecule has 25 heavy (non-hydrogen) atoms. The minimum Gasteiger partial charge on any atom is -0.399 e. The molecule has 8 heteroatoms. The quantitative estimate of drug-likeness (QED) is 0.508. The molecule has 0 fully saturated rings. The molecule has 0 radical (unpaired) electrons. The molecule has 6 nitrogen and oxygen atoms in total. The molecule has 0 saturated carbocycles. The van der Waals surface area contributed by atoms with Gasteiger partial charge in [-0.25, -0.2) is 4.98 Å². The average molecular weight is 374 g/mol. The van der Waals surface area contributed by atoms with E-state index >= 15 is 0 Å². The Morgan fingerprint density at radius 2 is 2.04 bits per heavy atom. The van der Waals surface area contributed by atoms with Crippen molar-refractivity contribution in [3.8, 4) is 0 Å². The van der Waals surface area contributed by atoms with Gasteiger partial charge in [-0.15, -0.1) is 0 Å². The molecule has 0 saturated heterocycles. The Morgan fingerprint density at radius 3 is 2.80 bits per heavy atom. The number of amides is 1. The summed E-state index contributed by atoms with van der Waals surface area (Å²) in [6.07, 6.45) is 1.51. The van der Waals surface area contributed by atoms with Crippen molar-refractivity contribution in [2.45, 2.75) is 6.54 Å². The lowest BCUT2D eigenvalue weighted by molar-refractivity contribution is 0.103. The number of hydrogen-bond donors (Lipinski definition) is 4. The van der Waals surface area contributed by atoms with Crippen LogP contribution in [-0.2, 0) is 6.54 Å². The van der Waals surface area contributed by atoms with E-state index in [1.54, 1.807) is 24.3 Å². The summed E-state index contributed by atoms with van der Waals surface area (Å²) in [5, 5.41) is 6.96. The van der Waals surface area contributed by atoms with E-state index in [0.717, 1.165) is 11.3 Å². The maximum atomic E-state index is 12.5. The number of nitrogens with two attached hydrogens (primary N) is 2. The van der Waals surface area contributed by atoms with E-state index < -0.39 is 0 Å². The Kier molecular flexibility index (Phi) is 5.18. The van der Waals surface area contributed by atoms with E-state index in [-0.39, 0.29) is 12.5 Å². The molecule has 2 aromatic carbocycles. The first-order valence-electron chi connectivity index (χ1n) is 7.44. The Hall–Kier alpha value is -2.61. The van der Waals surface area contributed by atoms with Crippen molar-refractivity contribution >= 4 is 51.0 Å². The molecular weight excluding hydrogens is 358 g/mol. The van der Waals surface area contributed by atoms with Gasteiger partial charge in [0.25, 0.3) is 5.91 Å². The molecule has 0 spiro atoms. The Bertz CT molecular complexity index is 912. The first-order chi connectivity index (χ1) is 12.1. The van der Waals surface area contributed by atoms with Gasteiger partial charge in [-0.1, -0.05) is 41.1 Å². The number of carbonyl (C=O) groups is 1. The number of thiazole rings is 1. The zero-order valence-corrected chi connectivity index (χ0v) is 14.7. The van der Waals surface area contributed by atoms with Crippen LogP contribution in [0.15, 0.2) is 48.7 Å². The zero-order valence-electron chi connectivity index (χ0n) is 13.1. The number of aromatic nitrogens is 1. The monoisotopic (exact) mass is 373 g/mol. The van der Waals surface area contributed by atoms with E-state index in [1.165, 1.54) is 17.5 Å². The number of nitrogen functional groups attached to an aromatic ring is 1. The molecule has 0 aliphatic rings. The summed E-state index contributed by atoms with van der Waals surface area (Å²) in [4.78, 5) is 17.1. The van der Waals surface area contributed by atoms with E-state index in [0.29, 0.717) is 26.4 Å². The van der Waals surface area contributed by atoms with Gasteiger partial charge in [-0.2, -0.15) is 0 Å². The third-order valence-corrected chi connectivity index (χ3v) is 4.65. The predicted octanol–water partition coefficient (Wildman–Crippen LogP) is 3.83. The lowest BCUT2D eigenvalue weighted by Crippen LogP contribution is -2.13. The first kappa shape index (κ1) is 17.2. The molecule has 0 aliphatic heterocycles. The molecular formula is C17H16ClN5OS. The van der Waals surface area contributed by atoms with Gasteiger partial charge in [0.05, 0.1) is 16.9 Å². The molecule has 3 aromatic rings. The molecule has 6 N–H and O–H groups in total. The van der Waals surface area contributed by atoms with Crippen LogP contribution in [0.25, 0.3) is 0 Å². The largest absolute Gasteiger partial charge is 0.399 e. The van der Waals surface area contributed by atoms with Crippen molar-refractivity contribution in [2.24, 2.45) is 5.73 Å². The van der Waals surface area contributed by atoms with Crippen LogP contribution in [0, 0.1) is 0 Å². The van der Waals surface area contributed by atoms with Crippen LogP contribution in [0.2, 0.25) is 5.02 Å². The summed E-state index contributed by atoms with van der Waals surface area (Å²) in [5.41, 5.74) is 14.2. The van der Waals surface area contributed by atoms with Crippen molar-refractivity contribution in [3.63, 3.8) is 0 Å². The van der Waals surface area contributed by atoms with Crippen molar-refractivity contribution in [1.29, 1.82) is 0 Å². The van der Waals surface area contributed by atoms with Crippen molar-refractivity contribution in [3.05, 3.63) is 64.1 Å². The topological polar surface area (TPSA) is 106 Å². The minimum absolute atomic E-state index is 0.279. The number of nitrogens with one attached hydrogen (secondary N) is 2. The second-order valence-electron chi connectivity index (χ2n) is 5.21. The van der Waals surface area contributed by atoms with Crippen LogP contribution >= 0.6 is 22.9 Å². The van der Waals surface area contributed by atoms with Crippen molar-refractivity contribution in [2.75, 3.05) is 16.4 Å². The molecule has 0 unspecified atom stereocenters. The highest BCUT2D eigenvalue weighted by Crippen LogP contribution is 2.28. The Labute approximate surface area is 153 Å². The lowest BCUT2D eigenvalue weighted by Gasteiger charge is -2.10. The van der Waals surface area contributed by atoms with Gasteiger partial charge in [0, 0.05) is 17.9 Å². The minimum atomic E-state index is -0.291. The number of nitrogens with zero attached hydrogens (tertiary/aromatic N) is 1. The number of carbonyl (C=O) groups excluding carboxylic acids is 1. The van der Waals surface area contributed by atoms with Crippen LogP contribution < -0.4 is 22.1 Å². The number of hydrogen-bond acceptors (Lipinski definition) is 6. The SMILES string of the molecule is NCc1cccc(Cl)c1NC(=O)c1cnc(Nc2cccc(N)c2)s1. The van der Waals surface area contributed by atoms with Crippen LogP contribution in [0.1, 0.15) is 15.2 Å². The number of rotatable bonds is 5. The van der Waals surface area contributed by atoms with Gasteiger partial charge in [-0.3, -0.25) is 4.79 Å². The summed E-state index contributed by atoms with van der Waals surface area (Å²) < 4.78 is 0. The van der Waals surface area contributed by atoms with Gasteiger partial charge in [-0.05, 0) is 29.8 Å². The molecule has 0 aliphatic carbocycles. The third kappa shape index (κ3) is 4.08. The molecule has 1 amide bonds. The van der Waals surface area contributed by atoms with Crippen molar-refractivity contribution < 1.29 is 4.79 Å². The molecule has 1 heterocycles. The second kappa shape index (κ2) is 7.52. The van der Waals surface area contributed by atoms with E-state index in [2.05, 4.69) is 15.6 Å². The molecule has 3 rings (SSSR count). The summed E-state index contributed by atoms with van der Waals surface area (Å²) in [7, 11) is 0. The Morgan fingerprint density at radius 1 is 1.24 bits per heavy atom. The fraction of sp³-hybridized carbons (Fsp3) is 0.0588. The van der Waals surface area contributed by atoms with Crippen LogP contribution in [0.3, 0.4) is 0 Å². The summed E-state index contributed by atoms with van der Waals surface area (Å²) in [5.74, 6) is -0.291. The van der Waals surface area contributed by atoms with Gasteiger partial charge in [0.1, 0.15) is 4.88 Å². The Balaban J connectivity index is 1.75.